The molecule has 1 aromatic carbocycles. The Morgan fingerprint density at radius 3 is 1.86 bits per heavy atom. The molecular formula is C24H28Cl5N5O8. The van der Waals surface area contributed by atoms with E-state index in [4.69, 9.17) is 78.9 Å². The number of nitrogens with zero attached hydrogens (tertiary/aromatic N) is 1. The standard InChI is InChI=1S/C24H28Cl5N5O8/c1-24(2,3)42-23(40)33-9(7-12(30)35)20(37)32-10(8-13(31)36)21(38)34-6-4-5-11(34)22(39)41-19-17(28)15(26)14(25)16(27)18(19)29/h9-11H,4-8H2,1-3H3,(H2,30,35)(H2,31,36)(H,32,37)(H,33,40)/t9-,10-,11-/m0/s1. The van der Waals surface area contributed by atoms with Gasteiger partial charge in [-0.2, -0.15) is 0 Å². The summed E-state index contributed by atoms with van der Waals surface area (Å²) in [7, 11) is 0. The Balaban J connectivity index is 2.28. The summed E-state index contributed by atoms with van der Waals surface area (Å²) in [4.78, 5) is 76.3. The summed E-state index contributed by atoms with van der Waals surface area (Å²) in [6, 6.07) is -4.36. The minimum atomic E-state index is -1.59. The summed E-state index contributed by atoms with van der Waals surface area (Å²) in [6.07, 6.45) is -1.90. The van der Waals surface area contributed by atoms with Gasteiger partial charge in [0.2, 0.25) is 23.6 Å². The van der Waals surface area contributed by atoms with Gasteiger partial charge < -0.3 is 36.5 Å². The number of nitrogens with one attached hydrogen (secondary N) is 2. The van der Waals surface area contributed by atoms with E-state index in [1.54, 1.807) is 20.8 Å². The van der Waals surface area contributed by atoms with E-state index in [1.165, 1.54) is 0 Å². The normalized spacial score (nSPS) is 16.3. The van der Waals surface area contributed by atoms with Gasteiger partial charge in [-0.3, -0.25) is 19.2 Å². The monoisotopic (exact) mass is 689 g/mol. The molecule has 3 atom stereocenters. The maximum atomic E-state index is 13.5. The van der Waals surface area contributed by atoms with E-state index in [-0.39, 0.29) is 43.8 Å². The lowest BCUT2D eigenvalue weighted by molar-refractivity contribution is -0.148. The summed E-state index contributed by atoms with van der Waals surface area (Å²) in [5, 5.41) is 3.31. The first-order chi connectivity index (χ1) is 19.3. The molecule has 0 saturated carbocycles. The number of hydrogen-bond donors (Lipinski definition) is 4. The Morgan fingerprint density at radius 1 is 0.857 bits per heavy atom. The molecule has 0 aromatic heterocycles. The average Bonchev–Trinajstić information content (AvgIpc) is 3.36. The third-order valence-electron chi connectivity index (χ3n) is 5.61. The maximum Gasteiger partial charge on any atom is 0.408 e. The summed E-state index contributed by atoms with van der Waals surface area (Å²) >= 11 is 30.3. The number of carbonyl (C=O) groups is 6. The molecule has 0 spiro atoms. The van der Waals surface area contributed by atoms with Crippen LogP contribution in [0.4, 0.5) is 4.79 Å². The van der Waals surface area contributed by atoms with E-state index in [0.29, 0.717) is 6.42 Å². The zero-order valence-corrected chi connectivity index (χ0v) is 26.3. The van der Waals surface area contributed by atoms with E-state index >= 15 is 0 Å². The molecule has 0 bridgehead atoms. The van der Waals surface area contributed by atoms with Crippen LogP contribution in [-0.4, -0.2) is 70.9 Å². The van der Waals surface area contributed by atoms with E-state index in [1.807, 2.05) is 0 Å². The van der Waals surface area contributed by atoms with Crippen molar-refractivity contribution in [3.8, 4) is 5.75 Å². The number of halogens is 5. The molecule has 42 heavy (non-hydrogen) atoms. The molecule has 1 aliphatic rings. The van der Waals surface area contributed by atoms with Crippen molar-refractivity contribution in [2.45, 2.75) is 70.2 Å². The number of primary amides is 2. The van der Waals surface area contributed by atoms with Crippen molar-refractivity contribution in [2.75, 3.05) is 6.54 Å². The largest absolute Gasteiger partial charge is 0.444 e. The number of likely N-dealkylation sites (tertiary alicyclic amines) is 1. The number of nitrogens with two attached hydrogens (primary N) is 2. The summed E-state index contributed by atoms with van der Waals surface area (Å²) in [5.41, 5.74) is 9.58. The predicted octanol–water partition coefficient (Wildman–Crippen LogP) is 2.98. The molecule has 232 valence electrons. The van der Waals surface area contributed by atoms with E-state index in [9.17, 15) is 28.8 Å². The van der Waals surface area contributed by atoms with Gasteiger partial charge in [-0.1, -0.05) is 58.0 Å². The molecule has 0 unspecified atom stereocenters. The van der Waals surface area contributed by atoms with Crippen molar-refractivity contribution in [3.05, 3.63) is 25.1 Å². The smallest absolute Gasteiger partial charge is 0.408 e. The van der Waals surface area contributed by atoms with Crippen LogP contribution < -0.4 is 26.8 Å². The Kier molecular flexibility index (Phi) is 12.4. The topological polar surface area (TPSA) is 200 Å². The van der Waals surface area contributed by atoms with Crippen molar-refractivity contribution in [1.29, 1.82) is 0 Å². The predicted molar refractivity (Wildman–Crippen MR) is 155 cm³/mol. The van der Waals surface area contributed by atoms with Crippen molar-refractivity contribution in [1.82, 2.24) is 15.5 Å². The molecule has 1 saturated heterocycles. The van der Waals surface area contributed by atoms with Crippen molar-refractivity contribution >= 4 is 93.7 Å². The lowest BCUT2D eigenvalue weighted by Crippen LogP contribution is -2.57. The van der Waals surface area contributed by atoms with Crippen LogP contribution >= 0.6 is 58.0 Å². The highest BCUT2D eigenvalue weighted by atomic mass is 35.5. The second-order valence-electron chi connectivity index (χ2n) is 10.1. The highest BCUT2D eigenvalue weighted by molar-refractivity contribution is 6.55. The number of ether oxygens (including phenoxy) is 2. The van der Waals surface area contributed by atoms with Gasteiger partial charge in [-0.15, -0.1) is 0 Å². The number of alkyl carbamates (subject to hydrolysis) is 1. The van der Waals surface area contributed by atoms with Gasteiger partial charge in [0.15, 0.2) is 5.75 Å². The van der Waals surface area contributed by atoms with Crippen molar-refractivity contribution < 1.29 is 38.2 Å². The van der Waals surface area contributed by atoms with Gasteiger partial charge in [0.1, 0.15) is 33.8 Å². The Bertz CT molecular complexity index is 1260. The fourth-order valence-corrected chi connectivity index (χ4v) is 5.05. The fourth-order valence-electron chi connectivity index (χ4n) is 3.85. The third-order valence-corrected chi connectivity index (χ3v) is 7.85. The highest BCUT2D eigenvalue weighted by Crippen LogP contribution is 2.48. The molecule has 2 rings (SSSR count). The van der Waals surface area contributed by atoms with Crippen molar-refractivity contribution in [2.24, 2.45) is 11.5 Å². The molecule has 0 aliphatic carbocycles. The van der Waals surface area contributed by atoms with Gasteiger partial charge >= 0.3 is 12.1 Å². The zero-order valence-electron chi connectivity index (χ0n) is 22.5. The van der Waals surface area contributed by atoms with Crippen LogP contribution in [0.2, 0.25) is 25.1 Å². The summed E-state index contributed by atoms with van der Waals surface area (Å²) in [6.45, 7) is 4.76. The Labute approximate surface area is 265 Å². The minimum absolute atomic E-state index is 0.0359. The molecule has 5 amide bonds. The van der Waals surface area contributed by atoms with E-state index in [2.05, 4.69) is 10.6 Å². The number of esters is 1. The van der Waals surface area contributed by atoms with Gasteiger partial charge in [0, 0.05) is 6.54 Å². The van der Waals surface area contributed by atoms with Gasteiger partial charge in [-0.05, 0) is 33.6 Å². The molecule has 1 aliphatic heterocycles. The van der Waals surface area contributed by atoms with Crippen LogP contribution in [0.25, 0.3) is 0 Å². The number of benzene rings is 1. The Hall–Kier alpha value is -2.71. The van der Waals surface area contributed by atoms with Gasteiger partial charge in [-0.25, -0.2) is 9.59 Å². The number of carbonyl (C=O) groups excluding carboxylic acids is 6. The van der Waals surface area contributed by atoms with Crippen LogP contribution in [-0.2, 0) is 28.7 Å². The number of amides is 5. The maximum absolute atomic E-state index is 13.5. The lowest BCUT2D eigenvalue weighted by Gasteiger charge is -2.29. The summed E-state index contributed by atoms with van der Waals surface area (Å²) in [5.74, 6) is -5.19. The molecule has 1 heterocycles. The van der Waals surface area contributed by atoms with Crippen molar-refractivity contribution in [3.63, 3.8) is 0 Å². The quantitative estimate of drug-likeness (QED) is 0.124. The van der Waals surface area contributed by atoms with E-state index < -0.39 is 72.3 Å². The number of rotatable bonds is 10. The summed E-state index contributed by atoms with van der Waals surface area (Å²) < 4.78 is 10.4. The molecule has 6 N–H and O–H groups in total. The molecule has 18 heteroatoms. The lowest BCUT2D eigenvalue weighted by atomic mass is 10.1. The zero-order chi connectivity index (χ0) is 32.1. The van der Waals surface area contributed by atoms with Crippen LogP contribution in [0, 0.1) is 0 Å². The molecule has 1 fully saturated rings. The first-order valence-corrected chi connectivity index (χ1v) is 14.1. The second-order valence-corrected chi connectivity index (χ2v) is 12.0. The molecular weight excluding hydrogens is 664 g/mol. The first kappa shape index (κ1) is 35.5. The SMILES string of the molecule is CC(C)(C)OC(=O)N[C@@H](CC(N)=O)C(=O)N[C@@H](CC(N)=O)C(=O)N1CCC[C@H]1C(=O)Oc1c(Cl)c(Cl)c(Cl)c(Cl)c1Cl. The highest BCUT2D eigenvalue weighted by Gasteiger charge is 2.41. The van der Waals surface area contributed by atoms with Crippen LogP contribution in [0.5, 0.6) is 5.75 Å². The third kappa shape index (κ3) is 9.40. The average molecular weight is 692 g/mol. The molecule has 1 aromatic rings. The molecule has 0 radical (unpaired) electrons. The van der Waals surface area contributed by atoms with E-state index in [0.717, 1.165) is 4.90 Å². The van der Waals surface area contributed by atoms with Gasteiger partial charge in [0.25, 0.3) is 0 Å². The first-order valence-electron chi connectivity index (χ1n) is 12.2. The number of hydrogen-bond acceptors (Lipinski definition) is 8. The van der Waals surface area contributed by atoms with Crippen LogP contribution in [0.15, 0.2) is 0 Å². The van der Waals surface area contributed by atoms with Gasteiger partial charge in [0.05, 0.1) is 27.9 Å². The second kappa shape index (κ2) is 14.6. The minimum Gasteiger partial charge on any atom is -0.444 e. The fraction of sp³-hybridized carbons (Fsp3) is 0.500. The molecule has 13 nitrogen and oxygen atoms in total. The van der Waals surface area contributed by atoms with Crippen LogP contribution in [0.1, 0.15) is 46.5 Å². The Morgan fingerprint density at radius 2 is 1.36 bits per heavy atom. The van der Waals surface area contributed by atoms with Crippen LogP contribution in [0.3, 0.4) is 0 Å².